The van der Waals surface area contributed by atoms with E-state index in [0.717, 1.165) is 12.1 Å². The Hall–Kier alpha value is -1.85. The lowest BCUT2D eigenvalue weighted by molar-refractivity contribution is -0.137. The third kappa shape index (κ3) is 2.62. The number of benzene rings is 1. The average molecular weight is 269 g/mol. The van der Waals surface area contributed by atoms with Crippen molar-refractivity contribution in [3.05, 3.63) is 29.5 Å². The van der Waals surface area contributed by atoms with E-state index in [2.05, 4.69) is 9.97 Å². The lowest BCUT2D eigenvalue weighted by Crippen LogP contribution is -2.16. The van der Waals surface area contributed by atoms with Crippen molar-refractivity contribution in [2.24, 2.45) is 0 Å². The number of rotatable bonds is 0. The predicted molar refractivity (Wildman–Crippen MR) is 67.7 cm³/mol. The van der Waals surface area contributed by atoms with E-state index in [0.29, 0.717) is 16.6 Å². The molecule has 0 saturated heterocycles. The van der Waals surface area contributed by atoms with Crippen molar-refractivity contribution >= 4 is 16.9 Å². The fourth-order valence-electron chi connectivity index (χ4n) is 1.89. The molecule has 2 aromatic rings. The second-order valence-corrected chi connectivity index (χ2v) is 5.41. The van der Waals surface area contributed by atoms with Gasteiger partial charge >= 0.3 is 6.18 Å². The first-order valence-corrected chi connectivity index (χ1v) is 5.74. The largest absolute Gasteiger partial charge is 0.416 e. The Morgan fingerprint density at radius 3 is 2.21 bits per heavy atom. The van der Waals surface area contributed by atoms with E-state index in [1.54, 1.807) is 0 Å². The molecule has 0 unspecified atom stereocenters. The Morgan fingerprint density at radius 2 is 1.68 bits per heavy atom. The van der Waals surface area contributed by atoms with Crippen molar-refractivity contribution in [1.29, 1.82) is 0 Å². The SMILES string of the molecule is CC(C)(C)c1nc(N)nc2ccc(C(F)(F)F)cc12. The topological polar surface area (TPSA) is 51.8 Å². The minimum Gasteiger partial charge on any atom is -0.368 e. The zero-order valence-electron chi connectivity index (χ0n) is 10.8. The van der Waals surface area contributed by atoms with E-state index in [-0.39, 0.29) is 5.95 Å². The fourth-order valence-corrected chi connectivity index (χ4v) is 1.89. The number of fused-ring (bicyclic) bond motifs is 1. The summed E-state index contributed by atoms with van der Waals surface area (Å²) in [7, 11) is 0. The highest BCUT2D eigenvalue weighted by Gasteiger charge is 2.31. The first kappa shape index (κ1) is 13.6. The Labute approximate surface area is 108 Å². The molecule has 0 fully saturated rings. The molecule has 1 aromatic heterocycles. The van der Waals surface area contributed by atoms with E-state index >= 15 is 0 Å². The van der Waals surface area contributed by atoms with Crippen molar-refractivity contribution in [3.8, 4) is 0 Å². The van der Waals surface area contributed by atoms with E-state index in [4.69, 9.17) is 5.73 Å². The van der Waals surface area contributed by atoms with Crippen molar-refractivity contribution in [1.82, 2.24) is 9.97 Å². The van der Waals surface area contributed by atoms with Crippen LogP contribution in [0, 0.1) is 0 Å². The Bertz CT molecular complexity index is 627. The molecule has 1 aromatic carbocycles. The molecule has 2 N–H and O–H groups in total. The van der Waals surface area contributed by atoms with Crippen LogP contribution in [0.25, 0.3) is 10.9 Å². The summed E-state index contributed by atoms with van der Waals surface area (Å²) >= 11 is 0. The van der Waals surface area contributed by atoms with Crippen LogP contribution in [0.1, 0.15) is 32.0 Å². The number of aromatic nitrogens is 2. The lowest BCUT2D eigenvalue weighted by atomic mass is 9.88. The maximum Gasteiger partial charge on any atom is 0.416 e. The van der Waals surface area contributed by atoms with Gasteiger partial charge in [0.1, 0.15) is 0 Å². The van der Waals surface area contributed by atoms with Crippen LogP contribution in [0.3, 0.4) is 0 Å². The summed E-state index contributed by atoms with van der Waals surface area (Å²) in [5.41, 5.74) is 5.41. The number of nitrogen functional groups attached to an aromatic ring is 1. The zero-order valence-corrected chi connectivity index (χ0v) is 10.8. The fraction of sp³-hybridized carbons (Fsp3) is 0.385. The van der Waals surface area contributed by atoms with Gasteiger partial charge in [0, 0.05) is 10.8 Å². The number of hydrogen-bond donors (Lipinski definition) is 1. The third-order valence-corrected chi connectivity index (χ3v) is 2.75. The van der Waals surface area contributed by atoms with Gasteiger partial charge in [-0.2, -0.15) is 13.2 Å². The summed E-state index contributed by atoms with van der Waals surface area (Å²) in [5.74, 6) is 0.0668. The Balaban J connectivity index is 2.80. The molecule has 0 amide bonds. The highest BCUT2D eigenvalue weighted by atomic mass is 19.4. The maximum atomic E-state index is 12.8. The van der Waals surface area contributed by atoms with Crippen LogP contribution < -0.4 is 5.73 Å². The smallest absolute Gasteiger partial charge is 0.368 e. The number of alkyl halides is 3. The molecule has 102 valence electrons. The van der Waals surface area contributed by atoms with Gasteiger partial charge in [-0.15, -0.1) is 0 Å². The molecule has 2 rings (SSSR count). The predicted octanol–water partition coefficient (Wildman–Crippen LogP) is 3.53. The number of anilines is 1. The summed E-state index contributed by atoms with van der Waals surface area (Å²) in [6, 6.07) is 3.40. The van der Waals surface area contributed by atoms with Gasteiger partial charge in [0.2, 0.25) is 5.95 Å². The van der Waals surface area contributed by atoms with Gasteiger partial charge < -0.3 is 5.73 Å². The summed E-state index contributed by atoms with van der Waals surface area (Å²) in [6.07, 6.45) is -4.38. The molecule has 0 saturated carbocycles. The van der Waals surface area contributed by atoms with Crippen molar-refractivity contribution in [2.75, 3.05) is 5.73 Å². The molecule has 0 radical (unpaired) electrons. The van der Waals surface area contributed by atoms with Crippen LogP contribution in [-0.4, -0.2) is 9.97 Å². The van der Waals surface area contributed by atoms with Crippen LogP contribution in [0.4, 0.5) is 19.1 Å². The Kier molecular flexibility index (Phi) is 2.91. The van der Waals surface area contributed by atoms with Gasteiger partial charge in [-0.25, -0.2) is 9.97 Å². The molecule has 19 heavy (non-hydrogen) atoms. The molecule has 0 bridgehead atoms. The van der Waals surface area contributed by atoms with E-state index in [1.165, 1.54) is 6.07 Å². The average Bonchev–Trinajstić information content (AvgIpc) is 2.24. The van der Waals surface area contributed by atoms with E-state index in [1.807, 2.05) is 20.8 Å². The van der Waals surface area contributed by atoms with Gasteiger partial charge in [-0.1, -0.05) is 20.8 Å². The van der Waals surface area contributed by atoms with E-state index in [9.17, 15) is 13.2 Å². The summed E-state index contributed by atoms with van der Waals surface area (Å²) in [4.78, 5) is 8.07. The number of halogens is 3. The molecule has 0 spiro atoms. The second-order valence-electron chi connectivity index (χ2n) is 5.41. The van der Waals surface area contributed by atoms with Gasteiger partial charge in [-0.05, 0) is 18.2 Å². The molecule has 0 aliphatic rings. The number of nitrogens with zero attached hydrogens (tertiary/aromatic N) is 2. The van der Waals surface area contributed by atoms with Crippen molar-refractivity contribution in [3.63, 3.8) is 0 Å². The molecule has 1 heterocycles. The third-order valence-electron chi connectivity index (χ3n) is 2.75. The maximum absolute atomic E-state index is 12.8. The molecular weight excluding hydrogens is 255 g/mol. The molecule has 3 nitrogen and oxygen atoms in total. The Morgan fingerprint density at radius 1 is 1.05 bits per heavy atom. The minimum absolute atomic E-state index is 0.0668. The monoisotopic (exact) mass is 269 g/mol. The normalized spacial score (nSPS) is 12.9. The summed E-state index contributed by atoms with van der Waals surface area (Å²) in [5, 5.41) is 0.386. The van der Waals surface area contributed by atoms with Gasteiger partial charge in [-0.3, -0.25) is 0 Å². The first-order valence-electron chi connectivity index (χ1n) is 5.74. The standard InChI is InChI=1S/C13H14F3N3/c1-12(2,3)10-8-6-7(13(14,15)16)4-5-9(8)18-11(17)19-10/h4-6H,1-3H3,(H2,17,18,19). The summed E-state index contributed by atoms with van der Waals surface area (Å²) in [6.45, 7) is 5.61. The van der Waals surface area contributed by atoms with Crippen molar-refractivity contribution < 1.29 is 13.2 Å². The van der Waals surface area contributed by atoms with Gasteiger partial charge in [0.25, 0.3) is 0 Å². The highest BCUT2D eigenvalue weighted by Crippen LogP contribution is 2.34. The molecule has 0 aliphatic heterocycles. The van der Waals surface area contributed by atoms with Crippen LogP contribution in [0.5, 0.6) is 0 Å². The second kappa shape index (κ2) is 4.08. The molecule has 0 aliphatic carbocycles. The van der Waals surface area contributed by atoms with Crippen LogP contribution in [0.15, 0.2) is 18.2 Å². The van der Waals surface area contributed by atoms with Gasteiger partial charge in [0.05, 0.1) is 16.8 Å². The minimum atomic E-state index is -4.38. The van der Waals surface area contributed by atoms with Crippen molar-refractivity contribution in [2.45, 2.75) is 32.4 Å². The quantitative estimate of drug-likeness (QED) is 0.796. The van der Waals surface area contributed by atoms with E-state index < -0.39 is 17.2 Å². The number of hydrogen-bond acceptors (Lipinski definition) is 3. The van der Waals surface area contributed by atoms with Gasteiger partial charge in [0.15, 0.2) is 0 Å². The number of nitrogens with two attached hydrogens (primary N) is 1. The highest BCUT2D eigenvalue weighted by molar-refractivity contribution is 5.83. The molecule has 0 atom stereocenters. The first-order chi connectivity index (χ1) is 8.59. The summed E-state index contributed by atoms with van der Waals surface area (Å²) < 4.78 is 38.3. The molecule has 6 heteroatoms. The lowest BCUT2D eigenvalue weighted by Gasteiger charge is -2.20. The molecular formula is C13H14F3N3. The zero-order chi connectivity index (χ0) is 14.4. The van der Waals surface area contributed by atoms with Crippen LogP contribution in [0.2, 0.25) is 0 Å². The van der Waals surface area contributed by atoms with Crippen LogP contribution in [-0.2, 0) is 11.6 Å². The van der Waals surface area contributed by atoms with Crippen LogP contribution >= 0.6 is 0 Å².